The summed E-state index contributed by atoms with van der Waals surface area (Å²) in [5.41, 5.74) is 2.77. The van der Waals surface area contributed by atoms with E-state index >= 15 is 0 Å². The number of imidazole rings is 1. The summed E-state index contributed by atoms with van der Waals surface area (Å²) in [7, 11) is 1.57. The first-order chi connectivity index (χ1) is 13.3. The Balaban J connectivity index is 1.92. The lowest BCUT2D eigenvalue weighted by atomic mass is 9.99. The standard InChI is InChI=1S/C22H18FN3O/c1-27-20-8-7-18(23)15-19(20)22-25-13-14-26(22)21(16-5-3-2-4-6-16)17-9-11-24-12-10-17/h2-15,21H,1H3/t21-/m0/s1. The Morgan fingerprint density at radius 1 is 0.926 bits per heavy atom. The minimum absolute atomic E-state index is 0.125. The van der Waals surface area contributed by atoms with E-state index in [1.807, 2.05) is 41.1 Å². The molecule has 0 aliphatic rings. The number of nitrogens with zero attached hydrogens (tertiary/aromatic N) is 3. The van der Waals surface area contributed by atoms with Gasteiger partial charge in [-0.05, 0) is 41.5 Å². The number of pyridine rings is 1. The zero-order chi connectivity index (χ0) is 18.6. The summed E-state index contributed by atoms with van der Waals surface area (Å²) in [5.74, 6) is 0.878. The number of hydrogen-bond donors (Lipinski definition) is 0. The number of aromatic nitrogens is 3. The molecule has 0 saturated carbocycles. The summed E-state index contributed by atoms with van der Waals surface area (Å²) in [5, 5.41) is 0. The lowest BCUT2D eigenvalue weighted by Gasteiger charge is -2.22. The van der Waals surface area contributed by atoms with Crippen LogP contribution in [0.3, 0.4) is 0 Å². The molecule has 27 heavy (non-hydrogen) atoms. The molecule has 2 aromatic carbocycles. The Kier molecular flexibility index (Phi) is 4.66. The van der Waals surface area contributed by atoms with Crippen molar-refractivity contribution in [1.29, 1.82) is 0 Å². The van der Waals surface area contributed by atoms with Gasteiger partial charge in [0.15, 0.2) is 0 Å². The van der Waals surface area contributed by atoms with E-state index in [2.05, 4.69) is 22.1 Å². The molecular formula is C22H18FN3O. The predicted octanol–water partition coefficient (Wildman–Crippen LogP) is 4.73. The van der Waals surface area contributed by atoms with Crippen molar-refractivity contribution in [2.24, 2.45) is 0 Å². The second-order valence-electron chi connectivity index (χ2n) is 6.10. The van der Waals surface area contributed by atoms with Crippen LogP contribution in [0, 0.1) is 5.82 Å². The molecule has 4 rings (SSSR count). The predicted molar refractivity (Wildman–Crippen MR) is 102 cm³/mol. The minimum atomic E-state index is -0.333. The topological polar surface area (TPSA) is 39.9 Å². The highest BCUT2D eigenvalue weighted by molar-refractivity contribution is 5.65. The molecule has 0 spiro atoms. The van der Waals surface area contributed by atoms with Gasteiger partial charge in [-0.2, -0.15) is 0 Å². The van der Waals surface area contributed by atoms with E-state index in [0.29, 0.717) is 17.1 Å². The van der Waals surface area contributed by atoms with Crippen LogP contribution in [0.15, 0.2) is 85.5 Å². The molecular weight excluding hydrogens is 341 g/mol. The van der Waals surface area contributed by atoms with Gasteiger partial charge < -0.3 is 9.30 Å². The Labute approximate surface area is 156 Å². The van der Waals surface area contributed by atoms with Gasteiger partial charge in [0.25, 0.3) is 0 Å². The second-order valence-corrected chi connectivity index (χ2v) is 6.10. The van der Waals surface area contributed by atoms with Crippen LogP contribution < -0.4 is 4.74 Å². The number of ether oxygens (including phenoxy) is 1. The molecule has 134 valence electrons. The van der Waals surface area contributed by atoms with E-state index in [1.165, 1.54) is 12.1 Å². The van der Waals surface area contributed by atoms with Gasteiger partial charge in [0.2, 0.25) is 0 Å². The third-order valence-corrected chi connectivity index (χ3v) is 4.49. The Bertz CT molecular complexity index is 992. The molecule has 0 amide bonds. The van der Waals surface area contributed by atoms with Crippen molar-refractivity contribution in [2.75, 3.05) is 7.11 Å². The number of halogens is 1. The quantitative estimate of drug-likeness (QED) is 0.517. The molecule has 4 aromatic rings. The first kappa shape index (κ1) is 17.0. The normalized spacial score (nSPS) is 11.9. The molecule has 0 aliphatic carbocycles. The monoisotopic (exact) mass is 359 g/mol. The van der Waals surface area contributed by atoms with Crippen molar-refractivity contribution in [3.8, 4) is 17.1 Å². The van der Waals surface area contributed by atoms with Crippen molar-refractivity contribution >= 4 is 0 Å². The molecule has 0 N–H and O–H groups in total. The van der Waals surface area contributed by atoms with Gasteiger partial charge >= 0.3 is 0 Å². The molecule has 2 heterocycles. The summed E-state index contributed by atoms with van der Waals surface area (Å²) in [6.45, 7) is 0. The van der Waals surface area contributed by atoms with Crippen molar-refractivity contribution in [2.45, 2.75) is 6.04 Å². The number of hydrogen-bond acceptors (Lipinski definition) is 3. The first-order valence-electron chi connectivity index (χ1n) is 8.59. The molecule has 0 saturated heterocycles. The molecule has 0 radical (unpaired) electrons. The fourth-order valence-electron chi connectivity index (χ4n) is 3.28. The average molecular weight is 359 g/mol. The Morgan fingerprint density at radius 2 is 1.67 bits per heavy atom. The van der Waals surface area contributed by atoms with Gasteiger partial charge in [-0.25, -0.2) is 9.37 Å². The van der Waals surface area contributed by atoms with E-state index in [9.17, 15) is 4.39 Å². The lowest BCUT2D eigenvalue weighted by molar-refractivity contribution is 0.414. The molecule has 5 heteroatoms. The first-order valence-corrected chi connectivity index (χ1v) is 8.59. The fraction of sp³-hybridized carbons (Fsp3) is 0.0909. The average Bonchev–Trinajstić information content (AvgIpc) is 3.19. The van der Waals surface area contributed by atoms with Gasteiger partial charge in [0.05, 0.1) is 18.7 Å². The van der Waals surface area contributed by atoms with Crippen molar-refractivity contribution < 1.29 is 9.13 Å². The molecule has 2 aromatic heterocycles. The Hall–Kier alpha value is -3.47. The summed E-state index contributed by atoms with van der Waals surface area (Å²) in [6, 6.07) is 18.4. The van der Waals surface area contributed by atoms with Gasteiger partial charge in [0, 0.05) is 24.8 Å². The van der Waals surface area contributed by atoms with Crippen molar-refractivity contribution in [3.05, 3.63) is 102 Å². The van der Waals surface area contributed by atoms with E-state index in [1.54, 1.807) is 31.8 Å². The largest absolute Gasteiger partial charge is 0.496 e. The van der Waals surface area contributed by atoms with Crippen molar-refractivity contribution in [3.63, 3.8) is 0 Å². The summed E-state index contributed by atoms with van der Waals surface area (Å²) in [4.78, 5) is 8.64. The van der Waals surface area contributed by atoms with Crippen LogP contribution in [-0.4, -0.2) is 21.6 Å². The summed E-state index contributed by atoms with van der Waals surface area (Å²) < 4.78 is 21.4. The summed E-state index contributed by atoms with van der Waals surface area (Å²) >= 11 is 0. The summed E-state index contributed by atoms with van der Waals surface area (Å²) in [6.07, 6.45) is 7.16. The zero-order valence-electron chi connectivity index (χ0n) is 14.8. The number of rotatable bonds is 5. The van der Waals surface area contributed by atoms with Crippen LogP contribution in [0.5, 0.6) is 5.75 Å². The van der Waals surface area contributed by atoms with E-state index in [-0.39, 0.29) is 11.9 Å². The molecule has 0 aliphatic heterocycles. The van der Waals surface area contributed by atoms with Crippen LogP contribution in [-0.2, 0) is 0 Å². The zero-order valence-corrected chi connectivity index (χ0v) is 14.8. The highest BCUT2D eigenvalue weighted by Gasteiger charge is 2.21. The molecule has 0 unspecified atom stereocenters. The fourth-order valence-corrected chi connectivity index (χ4v) is 3.28. The maximum Gasteiger partial charge on any atom is 0.144 e. The Morgan fingerprint density at radius 3 is 2.41 bits per heavy atom. The molecule has 1 atom stereocenters. The number of methoxy groups -OCH3 is 1. The van der Waals surface area contributed by atoms with Crippen molar-refractivity contribution in [1.82, 2.24) is 14.5 Å². The van der Waals surface area contributed by atoms with Gasteiger partial charge in [0.1, 0.15) is 17.4 Å². The van der Waals surface area contributed by atoms with Crippen LogP contribution in [0.2, 0.25) is 0 Å². The number of benzene rings is 2. The molecule has 4 nitrogen and oxygen atoms in total. The van der Waals surface area contributed by atoms with Gasteiger partial charge in [-0.3, -0.25) is 4.98 Å². The smallest absolute Gasteiger partial charge is 0.144 e. The highest BCUT2D eigenvalue weighted by Crippen LogP contribution is 2.35. The highest BCUT2D eigenvalue weighted by atomic mass is 19.1. The van der Waals surface area contributed by atoms with Crippen LogP contribution in [0.4, 0.5) is 4.39 Å². The van der Waals surface area contributed by atoms with Gasteiger partial charge in [-0.1, -0.05) is 30.3 Å². The molecule has 0 fully saturated rings. The SMILES string of the molecule is COc1ccc(F)cc1-c1nccn1[C@@H](c1ccccc1)c1ccncc1. The lowest BCUT2D eigenvalue weighted by Crippen LogP contribution is -2.13. The van der Waals surface area contributed by atoms with Gasteiger partial charge in [-0.15, -0.1) is 0 Å². The maximum absolute atomic E-state index is 14.0. The van der Waals surface area contributed by atoms with Crippen LogP contribution >= 0.6 is 0 Å². The van der Waals surface area contributed by atoms with Crippen LogP contribution in [0.25, 0.3) is 11.4 Å². The minimum Gasteiger partial charge on any atom is -0.496 e. The maximum atomic E-state index is 14.0. The van der Waals surface area contributed by atoms with E-state index < -0.39 is 0 Å². The third kappa shape index (κ3) is 3.31. The second kappa shape index (κ2) is 7.41. The third-order valence-electron chi connectivity index (χ3n) is 4.49. The van der Waals surface area contributed by atoms with Crippen LogP contribution in [0.1, 0.15) is 17.2 Å². The van der Waals surface area contributed by atoms with E-state index in [0.717, 1.165) is 11.1 Å². The molecule has 0 bridgehead atoms. The van der Waals surface area contributed by atoms with E-state index in [4.69, 9.17) is 4.74 Å².